The van der Waals surface area contributed by atoms with E-state index in [1.807, 2.05) is 23.9 Å². The maximum atomic E-state index is 16.6. The number of phenols is 1. The van der Waals surface area contributed by atoms with Gasteiger partial charge in [0.15, 0.2) is 5.82 Å². The molecule has 6 rings (SSSR count). The number of nitrogens with zero attached hydrogens (tertiary/aromatic N) is 5. The minimum atomic E-state index is -2.86. The van der Waals surface area contributed by atoms with Crippen molar-refractivity contribution in [3.8, 4) is 23.0 Å². The van der Waals surface area contributed by atoms with Gasteiger partial charge in [0.2, 0.25) is 0 Å². The van der Waals surface area contributed by atoms with Crippen LogP contribution in [0.1, 0.15) is 33.1 Å². The Hall–Kier alpha value is -3.41. The van der Waals surface area contributed by atoms with E-state index in [0.717, 1.165) is 6.42 Å². The summed E-state index contributed by atoms with van der Waals surface area (Å²) in [6.45, 7) is 5.52. The van der Waals surface area contributed by atoms with E-state index < -0.39 is 17.2 Å². The molecule has 234 valence electrons. The lowest BCUT2D eigenvalue weighted by Gasteiger charge is -2.38. The predicted octanol–water partition coefficient (Wildman–Crippen LogP) is 6.28. The summed E-state index contributed by atoms with van der Waals surface area (Å²) in [6.07, 6.45) is 2.35. The number of rotatable bonds is 9. The first kappa shape index (κ1) is 30.6. The van der Waals surface area contributed by atoms with Gasteiger partial charge in [0.05, 0.1) is 10.8 Å². The molecule has 2 fully saturated rings. The number of alkyl halides is 2. The van der Waals surface area contributed by atoms with Crippen molar-refractivity contribution in [2.24, 2.45) is 5.41 Å². The molecule has 12 heteroatoms. The second-order valence-electron chi connectivity index (χ2n) is 12.4. The molecule has 0 bridgehead atoms. The van der Waals surface area contributed by atoms with E-state index in [1.165, 1.54) is 12.3 Å². The van der Waals surface area contributed by atoms with Crippen molar-refractivity contribution < 1.29 is 23.0 Å². The van der Waals surface area contributed by atoms with E-state index in [1.54, 1.807) is 24.3 Å². The molecule has 0 amide bonds. The largest absolute Gasteiger partial charge is 0.508 e. The van der Waals surface area contributed by atoms with E-state index in [-0.39, 0.29) is 54.5 Å². The first-order valence-corrected chi connectivity index (χ1v) is 15.2. The van der Waals surface area contributed by atoms with Crippen LogP contribution in [0.25, 0.3) is 32.9 Å². The molecule has 4 aromatic rings. The molecule has 2 N–H and O–H groups in total. The molecule has 1 saturated heterocycles. The van der Waals surface area contributed by atoms with Crippen LogP contribution in [0.4, 0.5) is 19.0 Å². The molecular formula is C32H36ClF3N6O2. The van der Waals surface area contributed by atoms with E-state index in [0.29, 0.717) is 52.2 Å². The van der Waals surface area contributed by atoms with Gasteiger partial charge in [-0.15, -0.1) is 0 Å². The molecular weight excluding hydrogens is 593 g/mol. The Balaban J connectivity index is 1.47. The highest BCUT2D eigenvalue weighted by Gasteiger charge is 2.71. The highest BCUT2D eigenvalue weighted by Crippen LogP contribution is 2.62. The van der Waals surface area contributed by atoms with Crippen molar-refractivity contribution in [3.63, 3.8) is 0 Å². The van der Waals surface area contributed by atoms with Gasteiger partial charge in [-0.1, -0.05) is 30.7 Å². The average Bonchev–Trinajstić information content (AvgIpc) is 3.54. The fourth-order valence-corrected chi connectivity index (χ4v) is 6.47. The Bertz CT molecular complexity index is 1720. The number of aromatic nitrogens is 3. The summed E-state index contributed by atoms with van der Waals surface area (Å²) in [4.78, 5) is 17.5. The number of benzene rings is 2. The summed E-state index contributed by atoms with van der Waals surface area (Å²) in [5.41, 5.74) is -1.14. The van der Waals surface area contributed by atoms with Gasteiger partial charge in [0.25, 0.3) is 5.92 Å². The molecule has 3 heterocycles. The standard InChI is InChI=1S/C32H36ClF3N6O2/c1-5-20-15-42(14-18(2)38-20)29-23-13-37-27(22-12-21(43)11-19-7-6-8-24(33)25(19)22)26(34)28(23)39-30(40-29)44-17-31(9-10-41(3)4)16-32(31,35)36/h6-8,11-13,18,20,38,43H,5,9-10,14-17H2,1-4H3/t18-,20-,31+/m1/s1. The molecule has 44 heavy (non-hydrogen) atoms. The molecule has 2 aliphatic rings. The van der Waals surface area contributed by atoms with Crippen LogP contribution in [0, 0.1) is 11.2 Å². The summed E-state index contributed by atoms with van der Waals surface area (Å²) in [6, 6.07) is 8.29. The minimum Gasteiger partial charge on any atom is -0.508 e. The number of hydrogen-bond donors (Lipinski definition) is 2. The maximum Gasteiger partial charge on any atom is 0.319 e. The minimum absolute atomic E-state index is 0.0531. The smallest absolute Gasteiger partial charge is 0.319 e. The number of phenolic OH excluding ortho intramolecular Hbond substituents is 1. The van der Waals surface area contributed by atoms with Crippen LogP contribution in [-0.2, 0) is 0 Å². The summed E-state index contributed by atoms with van der Waals surface area (Å²) < 4.78 is 51.7. The fraction of sp³-hybridized carbons (Fsp3) is 0.469. The van der Waals surface area contributed by atoms with Crippen molar-refractivity contribution in [3.05, 3.63) is 47.4 Å². The Labute approximate surface area is 259 Å². The molecule has 8 nitrogen and oxygen atoms in total. The maximum absolute atomic E-state index is 16.6. The summed E-state index contributed by atoms with van der Waals surface area (Å²) >= 11 is 6.53. The molecule has 2 aromatic carbocycles. The number of piperazine rings is 1. The van der Waals surface area contributed by atoms with Gasteiger partial charge in [0.1, 0.15) is 29.4 Å². The van der Waals surface area contributed by atoms with Crippen LogP contribution < -0.4 is 15.0 Å². The van der Waals surface area contributed by atoms with Crippen LogP contribution in [0.5, 0.6) is 11.8 Å². The number of pyridine rings is 1. The number of halogens is 4. The van der Waals surface area contributed by atoms with Crippen LogP contribution in [0.3, 0.4) is 0 Å². The van der Waals surface area contributed by atoms with Gasteiger partial charge in [-0.05, 0) is 64.0 Å². The number of fused-ring (bicyclic) bond motifs is 2. The van der Waals surface area contributed by atoms with E-state index >= 15 is 4.39 Å². The topological polar surface area (TPSA) is 86.6 Å². The first-order chi connectivity index (χ1) is 20.9. The summed E-state index contributed by atoms with van der Waals surface area (Å²) in [5.74, 6) is -3.25. The summed E-state index contributed by atoms with van der Waals surface area (Å²) in [7, 11) is 3.67. The molecule has 0 radical (unpaired) electrons. The number of aromatic hydroxyl groups is 1. The van der Waals surface area contributed by atoms with Crippen molar-refractivity contribution in [1.29, 1.82) is 0 Å². The Kier molecular flexibility index (Phi) is 8.00. The lowest BCUT2D eigenvalue weighted by atomic mass is 10.00. The molecule has 0 unspecified atom stereocenters. The van der Waals surface area contributed by atoms with E-state index in [9.17, 15) is 13.9 Å². The van der Waals surface area contributed by atoms with Gasteiger partial charge < -0.3 is 25.0 Å². The second-order valence-corrected chi connectivity index (χ2v) is 12.8. The highest BCUT2D eigenvalue weighted by molar-refractivity contribution is 6.36. The zero-order valence-corrected chi connectivity index (χ0v) is 25.9. The van der Waals surface area contributed by atoms with Crippen molar-refractivity contribution in [1.82, 2.24) is 25.2 Å². The number of hydrogen-bond acceptors (Lipinski definition) is 8. The zero-order valence-electron chi connectivity index (χ0n) is 25.2. The second kappa shape index (κ2) is 11.5. The van der Waals surface area contributed by atoms with E-state index in [4.69, 9.17) is 16.3 Å². The van der Waals surface area contributed by atoms with Crippen LogP contribution in [0.15, 0.2) is 36.5 Å². The van der Waals surface area contributed by atoms with E-state index in [2.05, 4.69) is 34.1 Å². The lowest BCUT2D eigenvalue weighted by Crippen LogP contribution is -2.55. The lowest BCUT2D eigenvalue weighted by molar-refractivity contribution is 0.0336. The molecule has 3 atom stereocenters. The molecule has 1 aliphatic heterocycles. The molecule has 2 aromatic heterocycles. The third-order valence-corrected chi connectivity index (χ3v) is 9.10. The molecule has 1 saturated carbocycles. The SMILES string of the molecule is CC[C@@H]1CN(c2nc(OC[C@]3(CCN(C)C)CC3(F)F)nc3c(F)c(-c4cc(O)cc5cccc(Cl)c45)ncc23)C[C@@H](C)N1. The molecule has 0 spiro atoms. The number of anilines is 1. The predicted molar refractivity (Wildman–Crippen MR) is 166 cm³/mol. The summed E-state index contributed by atoms with van der Waals surface area (Å²) in [5, 5.41) is 15.9. The quantitative estimate of drug-likeness (QED) is 0.224. The van der Waals surface area contributed by atoms with Crippen molar-refractivity contribution in [2.75, 3.05) is 45.2 Å². The zero-order chi connectivity index (χ0) is 31.4. The average molecular weight is 629 g/mol. The van der Waals surface area contributed by atoms with Gasteiger partial charge in [-0.2, -0.15) is 9.97 Å². The Morgan fingerprint density at radius 1 is 1.20 bits per heavy atom. The van der Waals surface area contributed by atoms with Crippen LogP contribution in [-0.4, -0.2) is 83.3 Å². The van der Waals surface area contributed by atoms with Crippen molar-refractivity contribution >= 4 is 39.1 Å². The normalized spacial score (nSPS) is 23.1. The fourth-order valence-electron chi connectivity index (χ4n) is 6.19. The number of nitrogens with one attached hydrogen (secondary N) is 1. The van der Waals surface area contributed by atoms with Gasteiger partial charge in [0, 0.05) is 53.8 Å². The van der Waals surface area contributed by atoms with Gasteiger partial charge in [-0.25, -0.2) is 13.2 Å². The molecule has 1 aliphatic carbocycles. The Morgan fingerprint density at radius 3 is 2.68 bits per heavy atom. The number of ether oxygens (including phenoxy) is 1. The third-order valence-electron chi connectivity index (χ3n) is 8.78. The third kappa shape index (κ3) is 5.61. The van der Waals surface area contributed by atoms with Crippen LogP contribution >= 0.6 is 11.6 Å². The van der Waals surface area contributed by atoms with Crippen LogP contribution in [0.2, 0.25) is 5.02 Å². The highest BCUT2D eigenvalue weighted by atomic mass is 35.5. The van der Waals surface area contributed by atoms with Gasteiger partial charge >= 0.3 is 6.01 Å². The van der Waals surface area contributed by atoms with Gasteiger partial charge in [-0.3, -0.25) is 4.98 Å². The van der Waals surface area contributed by atoms with Crippen molar-refractivity contribution in [2.45, 2.75) is 51.1 Å². The monoisotopic (exact) mass is 628 g/mol. The first-order valence-electron chi connectivity index (χ1n) is 14.9. The Morgan fingerprint density at radius 2 is 1.98 bits per heavy atom.